The van der Waals surface area contributed by atoms with Gasteiger partial charge in [-0.2, -0.15) is 0 Å². The number of fused-ring (bicyclic) bond motifs is 1. The van der Waals surface area contributed by atoms with Crippen LogP contribution in [0.4, 0.5) is 5.13 Å². The first kappa shape index (κ1) is 22.8. The van der Waals surface area contributed by atoms with Crippen LogP contribution in [0.1, 0.15) is 27.9 Å². The molecule has 150 valence electrons. The Kier molecular flexibility index (Phi) is 8.01. The minimum absolute atomic E-state index is 0. The maximum absolute atomic E-state index is 13.2. The van der Waals surface area contributed by atoms with Crippen LogP contribution in [0.3, 0.4) is 0 Å². The van der Waals surface area contributed by atoms with Gasteiger partial charge in [-0.05, 0) is 82.4 Å². The zero-order valence-electron chi connectivity index (χ0n) is 16.5. The van der Waals surface area contributed by atoms with Gasteiger partial charge in [0.2, 0.25) is 0 Å². The van der Waals surface area contributed by atoms with E-state index in [4.69, 9.17) is 4.98 Å². The van der Waals surface area contributed by atoms with Gasteiger partial charge in [0.25, 0.3) is 5.91 Å². The van der Waals surface area contributed by atoms with Crippen LogP contribution in [0.15, 0.2) is 40.9 Å². The summed E-state index contributed by atoms with van der Waals surface area (Å²) in [5, 5.41) is 0.769. The van der Waals surface area contributed by atoms with Crippen molar-refractivity contribution >= 4 is 60.9 Å². The summed E-state index contributed by atoms with van der Waals surface area (Å²) >= 11 is 5.02. The Morgan fingerprint density at radius 2 is 1.75 bits per heavy atom. The molecule has 1 amide bonds. The third kappa shape index (κ3) is 5.11. The highest BCUT2D eigenvalue weighted by molar-refractivity contribution is 9.10. The van der Waals surface area contributed by atoms with E-state index < -0.39 is 0 Å². The van der Waals surface area contributed by atoms with Crippen LogP contribution in [0, 0.1) is 13.8 Å². The largest absolute Gasteiger partial charge is 0.309 e. The Morgan fingerprint density at radius 1 is 1.07 bits per heavy atom. The predicted molar refractivity (Wildman–Crippen MR) is 125 cm³/mol. The van der Waals surface area contributed by atoms with Crippen molar-refractivity contribution in [2.75, 3.05) is 32.1 Å². The Labute approximate surface area is 185 Å². The SMILES string of the molecule is Cc1ccc2sc(N(CCCN(C)C)C(=O)c3ccc(Br)cc3)nc2c1C.Cl. The van der Waals surface area contributed by atoms with Crippen LogP contribution in [0.25, 0.3) is 10.2 Å². The highest BCUT2D eigenvalue weighted by Gasteiger charge is 2.21. The van der Waals surface area contributed by atoms with E-state index in [0.29, 0.717) is 12.1 Å². The van der Waals surface area contributed by atoms with Crippen LogP contribution in [-0.4, -0.2) is 43.0 Å². The van der Waals surface area contributed by atoms with Gasteiger partial charge in [-0.3, -0.25) is 9.69 Å². The second-order valence-corrected chi connectivity index (χ2v) is 8.90. The van der Waals surface area contributed by atoms with E-state index in [0.717, 1.165) is 32.8 Å². The van der Waals surface area contributed by atoms with E-state index >= 15 is 0 Å². The molecule has 0 bridgehead atoms. The topological polar surface area (TPSA) is 36.4 Å². The Balaban J connectivity index is 0.00000280. The molecule has 4 nitrogen and oxygen atoms in total. The zero-order valence-corrected chi connectivity index (χ0v) is 19.7. The van der Waals surface area contributed by atoms with Crippen molar-refractivity contribution in [1.82, 2.24) is 9.88 Å². The number of aryl methyl sites for hydroxylation is 2. The summed E-state index contributed by atoms with van der Waals surface area (Å²) in [7, 11) is 4.09. The van der Waals surface area contributed by atoms with E-state index in [2.05, 4.69) is 46.8 Å². The predicted octanol–water partition coefficient (Wildman–Crippen LogP) is 5.70. The van der Waals surface area contributed by atoms with Crippen molar-refractivity contribution in [2.45, 2.75) is 20.3 Å². The summed E-state index contributed by atoms with van der Waals surface area (Å²) in [5.74, 6) is -0.00492. The van der Waals surface area contributed by atoms with E-state index in [-0.39, 0.29) is 18.3 Å². The van der Waals surface area contributed by atoms with Crippen LogP contribution >= 0.6 is 39.7 Å². The van der Waals surface area contributed by atoms with Crippen molar-refractivity contribution in [3.8, 4) is 0 Å². The molecular formula is C21H25BrClN3OS. The molecule has 2 aromatic carbocycles. The molecule has 0 fully saturated rings. The molecule has 28 heavy (non-hydrogen) atoms. The van der Waals surface area contributed by atoms with Gasteiger partial charge in [-0.1, -0.05) is 33.3 Å². The van der Waals surface area contributed by atoms with Crippen molar-refractivity contribution < 1.29 is 4.79 Å². The number of hydrogen-bond donors (Lipinski definition) is 0. The number of anilines is 1. The second-order valence-electron chi connectivity index (χ2n) is 6.97. The number of amides is 1. The van der Waals surface area contributed by atoms with Crippen molar-refractivity contribution in [3.63, 3.8) is 0 Å². The number of benzene rings is 2. The van der Waals surface area contributed by atoms with Gasteiger partial charge in [0.05, 0.1) is 10.2 Å². The Hall–Kier alpha value is -1.47. The van der Waals surface area contributed by atoms with Crippen molar-refractivity contribution in [3.05, 3.63) is 57.6 Å². The average Bonchev–Trinajstić information content (AvgIpc) is 3.06. The number of nitrogens with zero attached hydrogens (tertiary/aromatic N) is 3. The van der Waals surface area contributed by atoms with Gasteiger partial charge in [0, 0.05) is 16.6 Å². The first-order chi connectivity index (χ1) is 12.9. The summed E-state index contributed by atoms with van der Waals surface area (Å²) < 4.78 is 2.08. The summed E-state index contributed by atoms with van der Waals surface area (Å²) in [6, 6.07) is 11.7. The molecule has 0 spiro atoms. The molecule has 1 heterocycles. The third-order valence-corrected chi connectivity index (χ3v) is 6.20. The molecule has 7 heteroatoms. The monoisotopic (exact) mass is 481 g/mol. The zero-order chi connectivity index (χ0) is 19.6. The fourth-order valence-electron chi connectivity index (χ4n) is 2.91. The average molecular weight is 483 g/mol. The molecule has 0 radical (unpaired) electrons. The maximum Gasteiger partial charge on any atom is 0.260 e. The molecule has 3 rings (SSSR count). The van der Waals surface area contributed by atoms with Gasteiger partial charge < -0.3 is 4.90 Å². The first-order valence-corrected chi connectivity index (χ1v) is 10.6. The number of carbonyl (C=O) groups excluding carboxylic acids is 1. The highest BCUT2D eigenvalue weighted by atomic mass is 79.9. The fraction of sp³-hybridized carbons (Fsp3) is 0.333. The molecule has 0 aliphatic rings. The van der Waals surface area contributed by atoms with Crippen LogP contribution < -0.4 is 4.90 Å². The summed E-state index contributed by atoms with van der Waals surface area (Å²) in [6.07, 6.45) is 0.892. The van der Waals surface area contributed by atoms with Gasteiger partial charge in [-0.15, -0.1) is 12.4 Å². The summed E-state index contributed by atoms with van der Waals surface area (Å²) in [5.41, 5.74) is 4.07. The van der Waals surface area contributed by atoms with Gasteiger partial charge >= 0.3 is 0 Å². The number of aromatic nitrogens is 1. The lowest BCUT2D eigenvalue weighted by Gasteiger charge is -2.21. The molecule has 3 aromatic rings. The molecule has 0 aliphatic heterocycles. The Morgan fingerprint density at radius 3 is 2.39 bits per heavy atom. The molecule has 0 N–H and O–H groups in total. The summed E-state index contributed by atoms with van der Waals surface area (Å²) in [6.45, 7) is 5.75. The number of rotatable bonds is 6. The van der Waals surface area contributed by atoms with Crippen molar-refractivity contribution in [2.24, 2.45) is 0 Å². The number of thiazole rings is 1. The van der Waals surface area contributed by atoms with Gasteiger partial charge in [-0.25, -0.2) is 4.98 Å². The van der Waals surface area contributed by atoms with E-state index in [1.807, 2.05) is 43.3 Å². The lowest BCUT2D eigenvalue weighted by atomic mass is 10.1. The smallest absolute Gasteiger partial charge is 0.260 e. The number of carbonyl (C=O) groups is 1. The molecule has 0 saturated carbocycles. The quantitative estimate of drug-likeness (QED) is 0.452. The standard InChI is InChI=1S/C21H24BrN3OS.ClH/c1-14-6-11-18-19(15(14)2)23-21(27-18)25(13-5-12-24(3)4)20(26)16-7-9-17(22)10-8-16;/h6-11H,5,12-13H2,1-4H3;1H. The van der Waals surface area contributed by atoms with E-state index in [1.54, 1.807) is 11.3 Å². The Bertz CT molecular complexity index is 956. The van der Waals surface area contributed by atoms with Gasteiger partial charge in [0.1, 0.15) is 0 Å². The lowest BCUT2D eigenvalue weighted by Crippen LogP contribution is -2.33. The van der Waals surface area contributed by atoms with Crippen LogP contribution in [0.2, 0.25) is 0 Å². The minimum atomic E-state index is -0.00492. The number of hydrogen-bond acceptors (Lipinski definition) is 4. The van der Waals surface area contributed by atoms with Gasteiger partial charge in [0.15, 0.2) is 5.13 Å². The normalized spacial score (nSPS) is 10.9. The highest BCUT2D eigenvalue weighted by Crippen LogP contribution is 2.32. The number of halogens is 2. The fourth-order valence-corrected chi connectivity index (χ4v) is 4.22. The minimum Gasteiger partial charge on any atom is -0.309 e. The molecule has 1 aromatic heterocycles. The molecule has 0 saturated heterocycles. The van der Waals surface area contributed by atoms with Crippen molar-refractivity contribution in [1.29, 1.82) is 0 Å². The lowest BCUT2D eigenvalue weighted by molar-refractivity contribution is 0.0986. The third-order valence-electron chi connectivity index (χ3n) is 4.63. The van der Waals surface area contributed by atoms with Crippen LogP contribution in [-0.2, 0) is 0 Å². The molecule has 0 unspecified atom stereocenters. The van der Waals surface area contributed by atoms with E-state index in [9.17, 15) is 4.79 Å². The maximum atomic E-state index is 13.2. The second kappa shape index (κ2) is 9.83. The molecule has 0 atom stereocenters. The molecular weight excluding hydrogens is 458 g/mol. The van der Waals surface area contributed by atoms with Crippen LogP contribution in [0.5, 0.6) is 0 Å². The molecule has 0 aliphatic carbocycles. The summed E-state index contributed by atoms with van der Waals surface area (Å²) in [4.78, 5) is 22.0. The van der Waals surface area contributed by atoms with E-state index in [1.165, 1.54) is 11.1 Å². The first-order valence-electron chi connectivity index (χ1n) is 8.95.